The Labute approximate surface area is 208 Å². The van der Waals surface area contributed by atoms with Crippen LogP contribution in [0.3, 0.4) is 0 Å². The number of halogens is 2. The number of nitrogens with one attached hydrogen (secondary N) is 2. The Balaban J connectivity index is 1.53. The van der Waals surface area contributed by atoms with E-state index >= 15 is 0 Å². The molecule has 0 spiro atoms. The summed E-state index contributed by atoms with van der Waals surface area (Å²) in [5, 5.41) is 3.49. The standard InChI is InChI=1S/C26H20F2N4O3S/c1-2-35-17-10-8-16(9-11-17)32-25(34)24-23(18-5-3-4-6-20(18)30-24)31-26(32)36-14-22(33)29-21-12-7-15(27)13-19(21)28/h3-13,30H,2,14H2,1H3,(H,29,33). The molecular formula is C26H20F2N4O3S. The van der Waals surface area contributed by atoms with Gasteiger partial charge in [-0.3, -0.25) is 14.2 Å². The van der Waals surface area contributed by atoms with Crippen LogP contribution in [-0.2, 0) is 4.79 Å². The summed E-state index contributed by atoms with van der Waals surface area (Å²) in [5.41, 5.74) is 1.68. The second-order valence-electron chi connectivity index (χ2n) is 7.82. The number of nitrogens with zero attached hydrogens (tertiary/aromatic N) is 2. The topological polar surface area (TPSA) is 89.0 Å². The number of benzene rings is 3. The maximum absolute atomic E-state index is 14.0. The summed E-state index contributed by atoms with van der Waals surface area (Å²) in [6.45, 7) is 2.39. The molecule has 0 saturated heterocycles. The largest absolute Gasteiger partial charge is 0.494 e. The molecule has 0 aliphatic rings. The van der Waals surface area contributed by atoms with Gasteiger partial charge < -0.3 is 15.0 Å². The van der Waals surface area contributed by atoms with Crippen molar-refractivity contribution < 1.29 is 18.3 Å². The average molecular weight is 507 g/mol. The minimum absolute atomic E-state index is 0.133. The second kappa shape index (κ2) is 9.82. The molecule has 0 atom stereocenters. The highest BCUT2D eigenvalue weighted by Gasteiger charge is 2.18. The number of aromatic amines is 1. The Morgan fingerprint density at radius 2 is 1.89 bits per heavy atom. The van der Waals surface area contributed by atoms with Crippen LogP contribution < -0.4 is 15.6 Å². The summed E-state index contributed by atoms with van der Waals surface area (Å²) in [5.74, 6) is -1.65. The molecule has 2 heterocycles. The van der Waals surface area contributed by atoms with Gasteiger partial charge in [0.25, 0.3) is 5.56 Å². The van der Waals surface area contributed by atoms with Crippen LogP contribution >= 0.6 is 11.8 Å². The molecule has 3 aromatic carbocycles. The Kier molecular flexibility index (Phi) is 6.43. The predicted octanol–water partition coefficient (Wildman–Crippen LogP) is 5.27. The van der Waals surface area contributed by atoms with E-state index in [2.05, 4.69) is 10.3 Å². The van der Waals surface area contributed by atoms with Crippen molar-refractivity contribution >= 4 is 45.3 Å². The van der Waals surface area contributed by atoms with E-state index in [0.29, 0.717) is 35.1 Å². The fourth-order valence-electron chi connectivity index (χ4n) is 3.83. The number of carbonyl (C=O) groups excluding carboxylic acids is 1. The first-order valence-corrected chi connectivity index (χ1v) is 12.1. The van der Waals surface area contributed by atoms with Gasteiger partial charge in [0.15, 0.2) is 5.16 Å². The number of ether oxygens (including phenoxy) is 1. The zero-order chi connectivity index (χ0) is 25.2. The van der Waals surface area contributed by atoms with E-state index in [9.17, 15) is 18.4 Å². The first-order valence-electron chi connectivity index (χ1n) is 11.1. The third kappa shape index (κ3) is 4.55. The highest BCUT2D eigenvalue weighted by molar-refractivity contribution is 7.99. The van der Waals surface area contributed by atoms with Gasteiger partial charge in [-0.05, 0) is 49.4 Å². The summed E-state index contributed by atoms with van der Waals surface area (Å²) in [7, 11) is 0. The number of anilines is 1. The number of H-pyrrole nitrogens is 1. The van der Waals surface area contributed by atoms with Crippen molar-refractivity contribution in [2.24, 2.45) is 0 Å². The van der Waals surface area contributed by atoms with Crippen molar-refractivity contribution in [2.75, 3.05) is 17.7 Å². The van der Waals surface area contributed by atoms with E-state index < -0.39 is 17.5 Å². The van der Waals surface area contributed by atoms with Crippen molar-refractivity contribution in [3.8, 4) is 11.4 Å². The van der Waals surface area contributed by atoms with Gasteiger partial charge in [0.2, 0.25) is 5.91 Å². The molecule has 5 aromatic rings. The van der Waals surface area contributed by atoms with Gasteiger partial charge in [-0.1, -0.05) is 30.0 Å². The zero-order valence-electron chi connectivity index (χ0n) is 19.0. The van der Waals surface area contributed by atoms with Gasteiger partial charge in [0.1, 0.15) is 28.4 Å². The third-order valence-corrected chi connectivity index (χ3v) is 6.38. The van der Waals surface area contributed by atoms with E-state index in [1.165, 1.54) is 4.57 Å². The number of hydrogen-bond donors (Lipinski definition) is 2. The Hall–Kier alpha value is -4.18. The number of carbonyl (C=O) groups is 1. The molecule has 2 N–H and O–H groups in total. The smallest absolute Gasteiger partial charge is 0.283 e. The lowest BCUT2D eigenvalue weighted by Gasteiger charge is -2.13. The second-order valence-corrected chi connectivity index (χ2v) is 8.76. The number of para-hydroxylation sites is 1. The molecule has 36 heavy (non-hydrogen) atoms. The first kappa shape index (κ1) is 23.6. The summed E-state index contributed by atoms with van der Waals surface area (Å²) in [6, 6.07) is 17.3. The molecule has 182 valence electrons. The predicted molar refractivity (Wildman–Crippen MR) is 136 cm³/mol. The van der Waals surface area contributed by atoms with Crippen molar-refractivity contribution in [2.45, 2.75) is 12.1 Å². The lowest BCUT2D eigenvalue weighted by molar-refractivity contribution is -0.113. The normalized spacial score (nSPS) is 11.2. The van der Waals surface area contributed by atoms with E-state index in [-0.39, 0.29) is 22.2 Å². The number of rotatable bonds is 7. The molecule has 1 amide bonds. The highest BCUT2D eigenvalue weighted by atomic mass is 32.2. The van der Waals surface area contributed by atoms with E-state index in [1.54, 1.807) is 24.3 Å². The lowest BCUT2D eigenvalue weighted by atomic mass is 10.2. The van der Waals surface area contributed by atoms with Crippen LogP contribution in [0.5, 0.6) is 5.75 Å². The van der Waals surface area contributed by atoms with Gasteiger partial charge in [-0.25, -0.2) is 13.8 Å². The number of aromatic nitrogens is 3. The van der Waals surface area contributed by atoms with Gasteiger partial charge in [-0.15, -0.1) is 0 Å². The Bertz CT molecular complexity index is 1650. The molecule has 0 aliphatic heterocycles. The fourth-order valence-corrected chi connectivity index (χ4v) is 4.64. The first-order chi connectivity index (χ1) is 17.4. The monoisotopic (exact) mass is 506 g/mol. The molecule has 0 aliphatic carbocycles. The van der Waals surface area contributed by atoms with Crippen LogP contribution in [0.25, 0.3) is 27.6 Å². The Morgan fingerprint density at radius 3 is 2.64 bits per heavy atom. The van der Waals surface area contributed by atoms with Crippen LogP contribution in [0.1, 0.15) is 6.92 Å². The molecule has 5 rings (SSSR count). The SMILES string of the molecule is CCOc1ccc(-n2c(SCC(=O)Nc3ccc(F)cc3F)nc3c([nH]c4ccccc43)c2=O)cc1. The maximum Gasteiger partial charge on any atom is 0.283 e. The van der Waals surface area contributed by atoms with Gasteiger partial charge in [0.05, 0.1) is 23.7 Å². The van der Waals surface area contributed by atoms with Crippen LogP contribution in [0.2, 0.25) is 0 Å². The highest BCUT2D eigenvalue weighted by Crippen LogP contribution is 2.27. The van der Waals surface area contributed by atoms with E-state index in [4.69, 9.17) is 9.72 Å². The average Bonchev–Trinajstić information content (AvgIpc) is 3.25. The van der Waals surface area contributed by atoms with Crippen molar-refractivity contribution in [3.05, 3.63) is 88.7 Å². The Morgan fingerprint density at radius 1 is 1.11 bits per heavy atom. The molecular weight excluding hydrogens is 486 g/mol. The molecule has 2 aromatic heterocycles. The van der Waals surface area contributed by atoms with Crippen molar-refractivity contribution in [3.63, 3.8) is 0 Å². The molecule has 0 unspecified atom stereocenters. The maximum atomic E-state index is 14.0. The van der Waals surface area contributed by atoms with Gasteiger partial charge in [0, 0.05) is 17.0 Å². The van der Waals surface area contributed by atoms with E-state index in [0.717, 1.165) is 34.8 Å². The van der Waals surface area contributed by atoms with Crippen molar-refractivity contribution in [1.29, 1.82) is 0 Å². The molecule has 0 bridgehead atoms. The zero-order valence-corrected chi connectivity index (χ0v) is 19.9. The molecule has 10 heteroatoms. The molecule has 0 saturated carbocycles. The van der Waals surface area contributed by atoms with Crippen LogP contribution in [0.15, 0.2) is 76.7 Å². The van der Waals surface area contributed by atoms with Gasteiger partial charge >= 0.3 is 0 Å². The number of hydrogen-bond acceptors (Lipinski definition) is 5. The van der Waals surface area contributed by atoms with Crippen LogP contribution in [0.4, 0.5) is 14.5 Å². The summed E-state index contributed by atoms with van der Waals surface area (Å²) in [4.78, 5) is 34.0. The minimum atomic E-state index is -0.877. The van der Waals surface area contributed by atoms with Crippen LogP contribution in [0, 0.1) is 11.6 Å². The summed E-state index contributed by atoms with van der Waals surface area (Å²) in [6.07, 6.45) is 0. The molecule has 7 nitrogen and oxygen atoms in total. The summed E-state index contributed by atoms with van der Waals surface area (Å²) < 4.78 is 34.0. The molecule has 0 radical (unpaired) electrons. The molecule has 0 fully saturated rings. The van der Waals surface area contributed by atoms with Gasteiger partial charge in [-0.2, -0.15) is 0 Å². The third-order valence-electron chi connectivity index (χ3n) is 5.44. The lowest BCUT2D eigenvalue weighted by Crippen LogP contribution is -2.23. The number of fused-ring (bicyclic) bond motifs is 3. The number of thioether (sulfide) groups is 1. The number of amides is 1. The summed E-state index contributed by atoms with van der Waals surface area (Å²) >= 11 is 1.03. The van der Waals surface area contributed by atoms with Crippen molar-refractivity contribution in [1.82, 2.24) is 14.5 Å². The minimum Gasteiger partial charge on any atom is -0.494 e. The quantitative estimate of drug-likeness (QED) is 0.232. The van der Waals surface area contributed by atoms with Crippen LogP contribution in [-0.4, -0.2) is 32.8 Å². The van der Waals surface area contributed by atoms with E-state index in [1.807, 2.05) is 31.2 Å². The fraction of sp³-hybridized carbons (Fsp3) is 0.115.